The summed E-state index contributed by atoms with van der Waals surface area (Å²) in [4.78, 5) is 4.76. The first kappa shape index (κ1) is 18.9. The molecule has 0 aliphatic carbocycles. The Morgan fingerprint density at radius 2 is 1.45 bits per heavy atom. The number of rotatable bonds is 8. The number of benzene rings is 3. The van der Waals surface area contributed by atoms with Crippen LogP contribution in [0.15, 0.2) is 72.8 Å². The summed E-state index contributed by atoms with van der Waals surface area (Å²) < 4.78 is 19.2. The van der Waals surface area contributed by atoms with Crippen LogP contribution in [-0.2, 0) is 13.2 Å². The van der Waals surface area contributed by atoms with Crippen molar-refractivity contribution in [2.75, 3.05) is 13.7 Å². The Kier molecular flexibility index (Phi) is 5.66. The van der Waals surface area contributed by atoms with Gasteiger partial charge in [-0.2, -0.15) is 0 Å². The van der Waals surface area contributed by atoms with E-state index in [1.807, 2.05) is 54.6 Å². The molecule has 4 rings (SSSR count). The zero-order valence-electron chi connectivity index (χ0n) is 16.7. The number of nitrogens with zero attached hydrogens (tertiary/aromatic N) is 2. The Morgan fingerprint density at radius 3 is 2.21 bits per heavy atom. The highest BCUT2D eigenvalue weighted by Crippen LogP contribution is 2.21. The van der Waals surface area contributed by atoms with Gasteiger partial charge in [0, 0.05) is 0 Å². The van der Waals surface area contributed by atoms with Crippen molar-refractivity contribution >= 4 is 11.0 Å². The minimum absolute atomic E-state index is 0.380. The lowest BCUT2D eigenvalue weighted by molar-refractivity contribution is 0.272. The van der Waals surface area contributed by atoms with Crippen LogP contribution in [-0.4, -0.2) is 23.3 Å². The predicted octanol–water partition coefficient (Wildman–Crippen LogP) is 5.01. The van der Waals surface area contributed by atoms with Gasteiger partial charge in [0.2, 0.25) is 0 Å². The highest BCUT2D eigenvalue weighted by molar-refractivity contribution is 5.75. The predicted molar refractivity (Wildman–Crippen MR) is 114 cm³/mol. The molecule has 0 radical (unpaired) electrons. The third-order valence-corrected chi connectivity index (χ3v) is 4.77. The summed E-state index contributed by atoms with van der Waals surface area (Å²) in [6.45, 7) is 3.69. The molecule has 0 N–H and O–H groups in total. The first-order valence-electron chi connectivity index (χ1n) is 9.63. The van der Waals surface area contributed by atoms with Gasteiger partial charge in [0.25, 0.3) is 0 Å². The van der Waals surface area contributed by atoms with Gasteiger partial charge < -0.3 is 18.8 Å². The zero-order valence-corrected chi connectivity index (χ0v) is 16.7. The lowest BCUT2D eigenvalue weighted by Gasteiger charge is -2.12. The van der Waals surface area contributed by atoms with E-state index >= 15 is 0 Å². The van der Waals surface area contributed by atoms with E-state index in [2.05, 4.69) is 29.7 Å². The largest absolute Gasteiger partial charge is 0.497 e. The van der Waals surface area contributed by atoms with Crippen molar-refractivity contribution in [1.82, 2.24) is 9.55 Å². The van der Waals surface area contributed by atoms with Gasteiger partial charge in [0.1, 0.15) is 36.3 Å². The van der Waals surface area contributed by atoms with Gasteiger partial charge in [-0.3, -0.25) is 0 Å². The van der Waals surface area contributed by atoms with Crippen LogP contribution in [0.3, 0.4) is 0 Å². The molecule has 0 bridgehead atoms. The molecule has 4 aromatic rings. The molecule has 1 heterocycles. The summed E-state index contributed by atoms with van der Waals surface area (Å²) in [6.07, 6.45) is 0. The summed E-state index contributed by atoms with van der Waals surface area (Å²) in [5.41, 5.74) is 3.25. The summed E-state index contributed by atoms with van der Waals surface area (Å²) >= 11 is 0. The molecule has 0 unspecified atom stereocenters. The van der Waals surface area contributed by atoms with Crippen LogP contribution >= 0.6 is 0 Å². The first-order chi connectivity index (χ1) is 14.2. The molecular weight excluding hydrogens is 364 g/mol. The van der Waals surface area contributed by atoms with Crippen LogP contribution in [0.5, 0.6) is 17.2 Å². The van der Waals surface area contributed by atoms with E-state index in [-0.39, 0.29) is 0 Å². The number of methoxy groups -OCH3 is 1. The van der Waals surface area contributed by atoms with Gasteiger partial charge in [0.15, 0.2) is 0 Å². The van der Waals surface area contributed by atoms with E-state index in [1.165, 1.54) is 5.56 Å². The Hall–Kier alpha value is -3.47. The van der Waals surface area contributed by atoms with Crippen molar-refractivity contribution in [3.63, 3.8) is 0 Å². The molecule has 1 aromatic heterocycles. The van der Waals surface area contributed by atoms with Gasteiger partial charge in [-0.15, -0.1) is 0 Å². The fourth-order valence-corrected chi connectivity index (χ4v) is 3.19. The van der Waals surface area contributed by atoms with Crippen LogP contribution in [0, 0.1) is 6.92 Å². The summed E-state index contributed by atoms with van der Waals surface area (Å²) in [5.74, 6) is 3.32. The topological polar surface area (TPSA) is 45.5 Å². The maximum absolute atomic E-state index is 5.96. The van der Waals surface area contributed by atoms with E-state index in [0.717, 1.165) is 34.1 Å². The summed E-state index contributed by atoms with van der Waals surface area (Å²) in [6, 6.07) is 23.8. The first-order valence-corrected chi connectivity index (χ1v) is 9.63. The molecule has 0 saturated carbocycles. The SMILES string of the molecule is COc1ccc(OCc2nc3ccccc3n2CCOc2ccc(C)cc2)cc1. The van der Waals surface area contributed by atoms with Gasteiger partial charge >= 0.3 is 0 Å². The molecule has 0 atom stereocenters. The van der Waals surface area contributed by atoms with Crippen molar-refractivity contribution < 1.29 is 14.2 Å². The number of imidazole rings is 1. The molecule has 0 fully saturated rings. The Balaban J connectivity index is 1.48. The smallest absolute Gasteiger partial charge is 0.148 e. The Bertz CT molecular complexity index is 1070. The van der Waals surface area contributed by atoms with E-state index in [0.29, 0.717) is 19.8 Å². The molecule has 0 aliphatic rings. The van der Waals surface area contributed by atoms with Gasteiger partial charge in [-0.1, -0.05) is 29.8 Å². The minimum atomic E-state index is 0.380. The van der Waals surface area contributed by atoms with Gasteiger partial charge in [-0.05, 0) is 55.5 Å². The van der Waals surface area contributed by atoms with E-state index in [9.17, 15) is 0 Å². The quantitative estimate of drug-likeness (QED) is 0.426. The van der Waals surface area contributed by atoms with Crippen molar-refractivity contribution in [2.45, 2.75) is 20.1 Å². The molecule has 3 aromatic carbocycles. The van der Waals surface area contributed by atoms with Crippen LogP contribution in [0.2, 0.25) is 0 Å². The fourth-order valence-electron chi connectivity index (χ4n) is 3.19. The van der Waals surface area contributed by atoms with Crippen molar-refractivity contribution in [3.05, 3.63) is 84.2 Å². The van der Waals surface area contributed by atoms with E-state index < -0.39 is 0 Å². The van der Waals surface area contributed by atoms with Crippen molar-refractivity contribution in [2.24, 2.45) is 0 Å². The molecule has 5 nitrogen and oxygen atoms in total. The van der Waals surface area contributed by atoms with Gasteiger partial charge in [-0.25, -0.2) is 4.98 Å². The van der Waals surface area contributed by atoms with Crippen molar-refractivity contribution in [3.8, 4) is 17.2 Å². The monoisotopic (exact) mass is 388 g/mol. The number of aromatic nitrogens is 2. The molecule has 29 heavy (non-hydrogen) atoms. The maximum Gasteiger partial charge on any atom is 0.148 e. The minimum Gasteiger partial charge on any atom is -0.497 e. The molecule has 0 aliphatic heterocycles. The van der Waals surface area contributed by atoms with Crippen molar-refractivity contribution in [1.29, 1.82) is 0 Å². The molecule has 0 saturated heterocycles. The second-order valence-electron chi connectivity index (χ2n) is 6.79. The lowest BCUT2D eigenvalue weighted by Crippen LogP contribution is -2.13. The molecule has 5 heteroatoms. The third kappa shape index (κ3) is 4.51. The number of para-hydroxylation sites is 2. The molecule has 0 amide bonds. The fraction of sp³-hybridized carbons (Fsp3) is 0.208. The van der Waals surface area contributed by atoms with E-state index in [1.54, 1.807) is 7.11 Å². The Labute approximate surface area is 170 Å². The molecular formula is C24H24N2O3. The maximum atomic E-state index is 5.96. The highest BCUT2D eigenvalue weighted by Gasteiger charge is 2.11. The highest BCUT2D eigenvalue weighted by atomic mass is 16.5. The second kappa shape index (κ2) is 8.69. The average molecular weight is 388 g/mol. The van der Waals surface area contributed by atoms with Gasteiger partial charge in [0.05, 0.1) is 24.7 Å². The molecule has 0 spiro atoms. The zero-order chi connectivity index (χ0) is 20.1. The lowest BCUT2D eigenvalue weighted by atomic mass is 10.2. The third-order valence-electron chi connectivity index (χ3n) is 4.77. The number of aryl methyl sites for hydroxylation is 1. The number of ether oxygens (including phenoxy) is 3. The number of hydrogen-bond acceptors (Lipinski definition) is 4. The van der Waals surface area contributed by atoms with Crippen LogP contribution < -0.4 is 14.2 Å². The van der Waals surface area contributed by atoms with Crippen LogP contribution in [0.1, 0.15) is 11.4 Å². The summed E-state index contributed by atoms with van der Waals surface area (Å²) in [7, 11) is 1.65. The van der Waals surface area contributed by atoms with Crippen LogP contribution in [0.25, 0.3) is 11.0 Å². The number of hydrogen-bond donors (Lipinski definition) is 0. The van der Waals surface area contributed by atoms with E-state index in [4.69, 9.17) is 19.2 Å². The normalized spacial score (nSPS) is 10.8. The standard InChI is InChI=1S/C24H24N2O3/c1-18-7-9-20(10-8-18)28-16-15-26-23-6-4-3-5-22(23)25-24(26)17-29-21-13-11-19(27-2)12-14-21/h3-14H,15-17H2,1-2H3. The number of fused-ring (bicyclic) bond motifs is 1. The average Bonchev–Trinajstić information content (AvgIpc) is 3.11. The molecule has 148 valence electrons. The summed E-state index contributed by atoms with van der Waals surface area (Å²) in [5, 5.41) is 0. The van der Waals surface area contributed by atoms with Crippen LogP contribution in [0.4, 0.5) is 0 Å². The Morgan fingerprint density at radius 1 is 0.793 bits per heavy atom. The second-order valence-corrected chi connectivity index (χ2v) is 6.79.